The van der Waals surface area contributed by atoms with Crippen LogP contribution >= 0.6 is 11.6 Å². The summed E-state index contributed by atoms with van der Waals surface area (Å²) in [6, 6.07) is 15.3. The molecule has 0 spiro atoms. The zero-order valence-corrected chi connectivity index (χ0v) is 13.5. The highest BCUT2D eigenvalue weighted by molar-refractivity contribution is 6.37. The van der Waals surface area contributed by atoms with Gasteiger partial charge in [0, 0.05) is 31.3 Å². The van der Waals surface area contributed by atoms with Crippen molar-refractivity contribution in [3.63, 3.8) is 0 Å². The number of hydrogen-bond acceptors (Lipinski definition) is 5. The molecule has 0 atom stereocenters. The highest BCUT2D eigenvalue weighted by Gasteiger charge is 2.23. The molecule has 0 aliphatic heterocycles. The van der Waals surface area contributed by atoms with Crippen LogP contribution < -0.4 is 16.1 Å². The van der Waals surface area contributed by atoms with E-state index in [4.69, 9.17) is 37.0 Å². The standard InChI is InChI=1S/C16H20BClN2O3/c18-15-5-1-13(2-6-15)14-3-7-16(8-4-14)23-17(21-11-9-19)22-12-10-20/h1-8H,9-12,19-20H2. The Hall–Kier alpha value is -1.57. The third-order valence-electron chi connectivity index (χ3n) is 3.01. The smallest absolute Gasteiger partial charge is 0.512 e. The van der Waals surface area contributed by atoms with E-state index in [9.17, 15) is 0 Å². The zero-order chi connectivity index (χ0) is 16.5. The summed E-state index contributed by atoms with van der Waals surface area (Å²) in [4.78, 5) is 0. The number of benzene rings is 2. The first-order valence-corrected chi connectivity index (χ1v) is 7.76. The molecule has 7 heteroatoms. The van der Waals surface area contributed by atoms with Crippen molar-refractivity contribution in [3.05, 3.63) is 53.6 Å². The van der Waals surface area contributed by atoms with Crippen LogP contribution in [0.1, 0.15) is 0 Å². The Morgan fingerprint density at radius 2 is 1.26 bits per heavy atom. The average molecular weight is 335 g/mol. The molecular formula is C16H20BClN2O3. The molecule has 2 aromatic carbocycles. The van der Waals surface area contributed by atoms with E-state index in [2.05, 4.69) is 0 Å². The number of hydrogen-bond donors (Lipinski definition) is 2. The number of nitrogens with two attached hydrogens (primary N) is 2. The first-order valence-electron chi connectivity index (χ1n) is 7.39. The summed E-state index contributed by atoms with van der Waals surface area (Å²) in [5.41, 5.74) is 13.0. The van der Waals surface area contributed by atoms with Crippen molar-refractivity contribution in [2.75, 3.05) is 26.3 Å². The number of halogens is 1. The van der Waals surface area contributed by atoms with Crippen LogP contribution in [0.2, 0.25) is 5.02 Å². The lowest BCUT2D eigenvalue weighted by Crippen LogP contribution is -2.34. The average Bonchev–Trinajstić information content (AvgIpc) is 2.58. The summed E-state index contributed by atoms with van der Waals surface area (Å²) in [7, 11) is -0.816. The predicted molar refractivity (Wildman–Crippen MR) is 93.3 cm³/mol. The van der Waals surface area contributed by atoms with E-state index in [-0.39, 0.29) is 0 Å². The molecule has 0 aliphatic rings. The summed E-state index contributed by atoms with van der Waals surface area (Å²) in [5.74, 6) is 0.641. The summed E-state index contributed by atoms with van der Waals surface area (Å²) in [5, 5.41) is 0.714. The summed E-state index contributed by atoms with van der Waals surface area (Å²) in [6.07, 6.45) is 0. The zero-order valence-electron chi connectivity index (χ0n) is 12.8. The Morgan fingerprint density at radius 1 is 0.783 bits per heavy atom. The van der Waals surface area contributed by atoms with E-state index in [0.29, 0.717) is 37.1 Å². The van der Waals surface area contributed by atoms with Gasteiger partial charge in [-0.05, 0) is 35.4 Å². The molecule has 122 valence electrons. The Bertz CT molecular complexity index is 573. The molecule has 0 saturated heterocycles. The minimum absolute atomic E-state index is 0.345. The highest BCUT2D eigenvalue weighted by Crippen LogP contribution is 2.24. The molecule has 0 unspecified atom stereocenters. The molecule has 2 rings (SSSR count). The molecule has 0 amide bonds. The van der Waals surface area contributed by atoms with Gasteiger partial charge in [-0.2, -0.15) is 0 Å². The fourth-order valence-electron chi connectivity index (χ4n) is 1.92. The second-order valence-corrected chi connectivity index (χ2v) is 5.19. The fourth-order valence-corrected chi connectivity index (χ4v) is 2.05. The number of rotatable bonds is 9. The van der Waals surface area contributed by atoms with Gasteiger partial charge in [0.25, 0.3) is 0 Å². The Labute approximate surface area is 141 Å². The Kier molecular flexibility index (Phi) is 7.38. The molecule has 0 fully saturated rings. The molecule has 2 aromatic rings. The van der Waals surface area contributed by atoms with Gasteiger partial charge in [0.05, 0.1) is 0 Å². The van der Waals surface area contributed by atoms with Crippen molar-refractivity contribution >= 4 is 18.9 Å². The molecule has 0 bridgehead atoms. The molecule has 0 heterocycles. The van der Waals surface area contributed by atoms with Crippen molar-refractivity contribution in [2.45, 2.75) is 0 Å². The van der Waals surface area contributed by atoms with Gasteiger partial charge in [-0.25, -0.2) is 0 Å². The van der Waals surface area contributed by atoms with Gasteiger partial charge >= 0.3 is 7.32 Å². The van der Waals surface area contributed by atoms with Gasteiger partial charge in [0.1, 0.15) is 5.75 Å². The maximum Gasteiger partial charge on any atom is 0.713 e. The lowest BCUT2D eigenvalue weighted by atomic mass is 10.1. The molecule has 0 aromatic heterocycles. The van der Waals surface area contributed by atoms with E-state index in [1.54, 1.807) is 0 Å². The van der Waals surface area contributed by atoms with Gasteiger partial charge in [0.2, 0.25) is 0 Å². The van der Waals surface area contributed by atoms with Gasteiger partial charge in [0.15, 0.2) is 0 Å². The van der Waals surface area contributed by atoms with Crippen LogP contribution in [0.15, 0.2) is 48.5 Å². The lowest BCUT2D eigenvalue weighted by Gasteiger charge is -2.15. The maximum atomic E-state index is 5.90. The second-order valence-electron chi connectivity index (χ2n) is 4.76. The van der Waals surface area contributed by atoms with Gasteiger partial charge < -0.3 is 25.4 Å². The minimum Gasteiger partial charge on any atom is -0.512 e. The molecule has 0 radical (unpaired) electrons. The van der Waals surface area contributed by atoms with Crippen LogP contribution in [0, 0.1) is 0 Å². The third-order valence-corrected chi connectivity index (χ3v) is 3.26. The molecule has 5 nitrogen and oxygen atoms in total. The molecule has 23 heavy (non-hydrogen) atoms. The summed E-state index contributed by atoms with van der Waals surface area (Å²) in [6.45, 7) is 1.47. The largest absolute Gasteiger partial charge is 0.713 e. The predicted octanol–water partition coefficient (Wildman–Crippen LogP) is 2.32. The quantitative estimate of drug-likeness (QED) is 0.688. The van der Waals surface area contributed by atoms with Crippen LogP contribution in [-0.4, -0.2) is 33.6 Å². The SMILES string of the molecule is NCCOB(OCCN)Oc1ccc(-c2ccc(Cl)cc2)cc1. The van der Waals surface area contributed by atoms with E-state index in [0.717, 1.165) is 11.1 Å². The highest BCUT2D eigenvalue weighted by atomic mass is 35.5. The topological polar surface area (TPSA) is 79.7 Å². The first kappa shape index (κ1) is 17.8. The Morgan fingerprint density at radius 3 is 1.74 bits per heavy atom. The maximum absolute atomic E-state index is 5.90. The monoisotopic (exact) mass is 334 g/mol. The first-order chi connectivity index (χ1) is 11.2. The second kappa shape index (κ2) is 9.55. The van der Waals surface area contributed by atoms with Crippen molar-refractivity contribution in [1.29, 1.82) is 0 Å². The third kappa shape index (κ3) is 5.86. The van der Waals surface area contributed by atoms with Crippen LogP contribution in [0.3, 0.4) is 0 Å². The lowest BCUT2D eigenvalue weighted by molar-refractivity contribution is 0.147. The molecular weight excluding hydrogens is 314 g/mol. The van der Waals surface area contributed by atoms with Crippen molar-refractivity contribution in [1.82, 2.24) is 0 Å². The minimum atomic E-state index is -0.816. The van der Waals surface area contributed by atoms with E-state index < -0.39 is 7.32 Å². The van der Waals surface area contributed by atoms with E-state index in [1.807, 2.05) is 48.5 Å². The van der Waals surface area contributed by atoms with Crippen LogP contribution in [0.25, 0.3) is 11.1 Å². The van der Waals surface area contributed by atoms with Gasteiger partial charge in [-0.1, -0.05) is 35.9 Å². The van der Waals surface area contributed by atoms with E-state index >= 15 is 0 Å². The summed E-state index contributed by atoms with van der Waals surface area (Å²) < 4.78 is 16.4. The van der Waals surface area contributed by atoms with Crippen LogP contribution in [0.5, 0.6) is 5.75 Å². The van der Waals surface area contributed by atoms with Crippen molar-refractivity contribution < 1.29 is 14.0 Å². The normalized spacial score (nSPS) is 10.6. The molecule has 0 aliphatic carbocycles. The van der Waals surface area contributed by atoms with Crippen molar-refractivity contribution in [2.24, 2.45) is 11.5 Å². The summed E-state index contributed by atoms with van der Waals surface area (Å²) >= 11 is 5.90. The fraction of sp³-hybridized carbons (Fsp3) is 0.250. The molecule has 0 saturated carbocycles. The Balaban J connectivity index is 2.00. The van der Waals surface area contributed by atoms with Crippen molar-refractivity contribution in [3.8, 4) is 16.9 Å². The molecule has 4 N–H and O–H groups in total. The van der Waals surface area contributed by atoms with Crippen LogP contribution in [-0.2, 0) is 9.31 Å². The van der Waals surface area contributed by atoms with Crippen LogP contribution in [0.4, 0.5) is 0 Å². The van der Waals surface area contributed by atoms with Gasteiger partial charge in [-0.15, -0.1) is 0 Å². The van der Waals surface area contributed by atoms with E-state index in [1.165, 1.54) is 0 Å². The van der Waals surface area contributed by atoms with Gasteiger partial charge in [-0.3, -0.25) is 0 Å².